The van der Waals surface area contributed by atoms with Crippen molar-refractivity contribution in [3.05, 3.63) is 10.1 Å². The molecule has 0 spiro atoms. The molecule has 0 aromatic heterocycles. The van der Waals surface area contributed by atoms with Crippen molar-refractivity contribution in [3.63, 3.8) is 0 Å². The molecule has 1 aliphatic heterocycles. The molecule has 5 unspecified atom stereocenters. The largest absolute Gasteiger partial charge is 0.375 e. The Morgan fingerprint density at radius 3 is 2.22 bits per heavy atom. The fraction of sp³-hybridized carbons (Fsp3) is 0.818. The average Bonchev–Trinajstić information content (AvgIpc) is 2.51. The van der Waals surface area contributed by atoms with Crippen molar-refractivity contribution in [2.45, 2.75) is 33.5 Å². The lowest BCUT2D eigenvalue weighted by Crippen LogP contribution is -2.49. The van der Waals surface area contributed by atoms with Crippen molar-refractivity contribution >= 4 is 69.6 Å². The van der Waals surface area contributed by atoms with E-state index in [0.717, 1.165) is 6.42 Å². The van der Waals surface area contributed by atoms with Gasteiger partial charge in [0.25, 0.3) is 0 Å². The van der Waals surface area contributed by atoms with Gasteiger partial charge in [0.05, 0.1) is 16.2 Å². The van der Waals surface area contributed by atoms with Crippen LogP contribution >= 0.6 is 69.6 Å². The van der Waals surface area contributed by atoms with Gasteiger partial charge in [-0.3, -0.25) is 0 Å². The zero-order valence-corrected chi connectivity index (χ0v) is 13.9. The summed E-state index contributed by atoms with van der Waals surface area (Å²) in [5, 5.41) is 0.464. The Hall–Kier alpha value is 1.44. The molecule has 2 fully saturated rings. The van der Waals surface area contributed by atoms with Gasteiger partial charge in [0, 0.05) is 12.5 Å². The van der Waals surface area contributed by atoms with Crippen molar-refractivity contribution in [1.82, 2.24) is 0 Å². The SMILES string of the molecule is CC1CCOC2C1C1(Cl)C(Cl)=C(Cl)C2(Cl)C1(Cl)Cl. The van der Waals surface area contributed by atoms with Crippen LogP contribution in [0.5, 0.6) is 0 Å². The number of fused-ring (bicyclic) bond motifs is 5. The number of halogens is 6. The van der Waals surface area contributed by atoms with Crippen molar-refractivity contribution in [3.8, 4) is 0 Å². The monoisotopic (exact) mass is 368 g/mol. The van der Waals surface area contributed by atoms with Crippen LogP contribution in [0.4, 0.5) is 0 Å². The Balaban J connectivity index is 2.26. The second kappa shape index (κ2) is 4.00. The molecule has 0 aromatic rings. The number of alkyl halides is 4. The quantitative estimate of drug-likeness (QED) is 0.552. The van der Waals surface area contributed by atoms with E-state index in [2.05, 4.69) is 6.92 Å². The summed E-state index contributed by atoms with van der Waals surface area (Å²) < 4.78 is 4.29. The van der Waals surface area contributed by atoms with Crippen molar-refractivity contribution in [2.75, 3.05) is 6.61 Å². The number of rotatable bonds is 0. The molecule has 1 saturated heterocycles. The van der Waals surface area contributed by atoms with Gasteiger partial charge in [-0.25, -0.2) is 0 Å². The highest BCUT2D eigenvalue weighted by Crippen LogP contribution is 2.76. The Kier molecular flexibility index (Phi) is 3.20. The average molecular weight is 371 g/mol. The maximum atomic E-state index is 6.69. The number of ether oxygens (including phenoxy) is 1. The van der Waals surface area contributed by atoms with Crippen LogP contribution in [0.3, 0.4) is 0 Å². The first-order valence-electron chi connectivity index (χ1n) is 5.64. The maximum Gasteiger partial charge on any atom is 0.169 e. The normalized spacial score (nSPS) is 53.8. The van der Waals surface area contributed by atoms with E-state index in [9.17, 15) is 0 Å². The van der Waals surface area contributed by atoms with Crippen LogP contribution in [0.15, 0.2) is 10.1 Å². The van der Waals surface area contributed by atoms with Crippen LogP contribution in [0.1, 0.15) is 13.3 Å². The summed E-state index contributed by atoms with van der Waals surface area (Å²) in [4.78, 5) is -2.45. The van der Waals surface area contributed by atoms with Gasteiger partial charge in [0.2, 0.25) is 0 Å². The van der Waals surface area contributed by atoms with Crippen molar-refractivity contribution in [2.24, 2.45) is 11.8 Å². The summed E-state index contributed by atoms with van der Waals surface area (Å²) in [5.41, 5.74) is 0. The molecule has 2 bridgehead atoms. The van der Waals surface area contributed by atoms with E-state index in [1.54, 1.807) is 0 Å². The van der Waals surface area contributed by atoms with Gasteiger partial charge in [0.1, 0.15) is 9.75 Å². The lowest BCUT2D eigenvalue weighted by atomic mass is 9.77. The van der Waals surface area contributed by atoms with Crippen LogP contribution in [0, 0.1) is 11.8 Å². The van der Waals surface area contributed by atoms with Gasteiger partial charge in [0.15, 0.2) is 4.33 Å². The Morgan fingerprint density at radius 2 is 1.61 bits per heavy atom. The summed E-state index contributed by atoms with van der Waals surface area (Å²) >= 11 is 38.7. The molecule has 0 amide bonds. The standard InChI is InChI=1S/C11H10Cl6O/c1-4-2-3-18-8-5(4)9(14)6(12)7(13)10(8,15)11(9,16)17/h4-5,8H,2-3H2,1H3. The molecule has 5 atom stereocenters. The van der Waals surface area contributed by atoms with E-state index in [1.807, 2.05) is 0 Å². The van der Waals surface area contributed by atoms with Gasteiger partial charge in [-0.2, -0.15) is 0 Å². The Bertz CT molecular complexity index is 449. The summed E-state index contributed by atoms with van der Waals surface area (Å²) in [6.45, 7) is 2.67. The molecular formula is C11H10Cl6O. The first kappa shape index (κ1) is 14.4. The van der Waals surface area contributed by atoms with Crippen LogP contribution in [0.25, 0.3) is 0 Å². The highest BCUT2D eigenvalue weighted by molar-refractivity contribution is 6.65. The molecule has 1 heterocycles. The molecule has 1 saturated carbocycles. The number of hydrogen-bond donors (Lipinski definition) is 0. The lowest BCUT2D eigenvalue weighted by molar-refractivity contribution is -0.0510. The minimum atomic E-state index is -1.48. The van der Waals surface area contributed by atoms with Crippen LogP contribution in [-0.4, -0.2) is 26.8 Å². The molecule has 0 N–H and O–H groups in total. The molecule has 0 aromatic carbocycles. The van der Waals surface area contributed by atoms with Gasteiger partial charge < -0.3 is 4.74 Å². The Morgan fingerprint density at radius 1 is 1.06 bits per heavy atom. The summed E-state index contributed by atoms with van der Waals surface area (Å²) in [5.74, 6) is 0.118. The third kappa shape index (κ3) is 1.25. The summed E-state index contributed by atoms with van der Waals surface area (Å²) in [6.07, 6.45) is 0.458. The zero-order valence-electron chi connectivity index (χ0n) is 9.32. The van der Waals surface area contributed by atoms with Gasteiger partial charge in [-0.05, 0) is 12.3 Å². The molecule has 1 nitrogen and oxygen atoms in total. The molecule has 18 heavy (non-hydrogen) atoms. The number of allylic oxidation sites excluding steroid dienone is 1. The maximum absolute atomic E-state index is 6.69. The van der Waals surface area contributed by atoms with E-state index in [1.165, 1.54) is 0 Å². The summed E-state index contributed by atoms with van der Waals surface area (Å²) in [6, 6.07) is 0. The molecular weight excluding hydrogens is 361 g/mol. The van der Waals surface area contributed by atoms with Gasteiger partial charge in [-0.1, -0.05) is 53.3 Å². The van der Waals surface area contributed by atoms with Gasteiger partial charge >= 0.3 is 0 Å². The first-order valence-corrected chi connectivity index (χ1v) is 7.91. The van der Waals surface area contributed by atoms with E-state index >= 15 is 0 Å². The smallest absolute Gasteiger partial charge is 0.169 e. The Labute approximate surface area is 136 Å². The lowest BCUT2D eigenvalue weighted by Gasteiger charge is -2.43. The van der Waals surface area contributed by atoms with Crippen LogP contribution < -0.4 is 0 Å². The molecule has 2 aliphatic carbocycles. The number of hydrogen-bond acceptors (Lipinski definition) is 1. The van der Waals surface area contributed by atoms with Crippen molar-refractivity contribution < 1.29 is 4.74 Å². The molecule has 3 aliphatic rings. The predicted octanol–water partition coefficient (Wildman–Crippen LogP) is 4.87. The molecule has 102 valence electrons. The second-order valence-electron chi connectivity index (χ2n) is 5.21. The van der Waals surface area contributed by atoms with Crippen LogP contribution in [-0.2, 0) is 4.74 Å². The fourth-order valence-electron chi connectivity index (χ4n) is 3.44. The van der Waals surface area contributed by atoms with E-state index in [-0.39, 0.29) is 21.9 Å². The minimum absolute atomic E-state index is 0.143. The van der Waals surface area contributed by atoms with Gasteiger partial charge in [-0.15, -0.1) is 23.2 Å². The minimum Gasteiger partial charge on any atom is -0.375 e. The molecule has 3 rings (SSSR count). The summed E-state index contributed by atoms with van der Waals surface area (Å²) in [7, 11) is 0. The zero-order chi connectivity index (χ0) is 13.5. The molecule has 0 radical (unpaired) electrons. The molecule has 7 heteroatoms. The van der Waals surface area contributed by atoms with Crippen molar-refractivity contribution in [1.29, 1.82) is 0 Å². The third-order valence-corrected chi connectivity index (χ3v) is 8.66. The van der Waals surface area contributed by atoms with Crippen LogP contribution in [0.2, 0.25) is 0 Å². The highest BCUT2D eigenvalue weighted by atomic mass is 35.5. The fourth-order valence-corrected chi connectivity index (χ4v) is 6.46. The second-order valence-corrected chi connectivity index (χ2v) is 8.48. The van der Waals surface area contributed by atoms with E-state index in [0.29, 0.717) is 6.61 Å². The van der Waals surface area contributed by atoms with E-state index in [4.69, 9.17) is 74.3 Å². The first-order chi connectivity index (χ1) is 8.20. The van der Waals surface area contributed by atoms with E-state index < -0.39 is 20.2 Å². The highest BCUT2D eigenvalue weighted by Gasteiger charge is 2.83. The predicted molar refractivity (Wildman–Crippen MR) is 77.3 cm³/mol. The third-order valence-electron chi connectivity index (χ3n) is 4.41. The topological polar surface area (TPSA) is 9.23 Å².